The Morgan fingerprint density at radius 3 is 2.37 bits per heavy atom. The highest BCUT2D eigenvalue weighted by atomic mass is 32.1. The summed E-state index contributed by atoms with van der Waals surface area (Å²) in [5.74, 6) is -0.865. The number of esters is 1. The Hall–Kier alpha value is -2.73. The minimum Gasteiger partial charge on any atom is -0.457 e. The molecule has 0 fully saturated rings. The summed E-state index contributed by atoms with van der Waals surface area (Å²) in [6.45, 7) is 5.80. The molecule has 0 radical (unpaired) electrons. The molecule has 0 bridgehead atoms. The van der Waals surface area contributed by atoms with Crippen molar-refractivity contribution in [3.8, 4) is 0 Å². The number of ether oxygens (including phenoxy) is 1. The summed E-state index contributed by atoms with van der Waals surface area (Å²) in [5, 5.41) is 1.93. The molecule has 0 N–H and O–H groups in total. The van der Waals surface area contributed by atoms with E-state index in [1.54, 1.807) is 30.3 Å². The van der Waals surface area contributed by atoms with Crippen LogP contribution in [0.25, 0.3) is 6.08 Å². The van der Waals surface area contributed by atoms with Crippen molar-refractivity contribution in [2.24, 2.45) is 0 Å². The zero-order chi connectivity index (χ0) is 19.6. The van der Waals surface area contributed by atoms with E-state index in [0.717, 1.165) is 10.4 Å². The molecule has 0 spiro atoms. The molecule has 0 atom stereocenters. The first kappa shape index (κ1) is 19.0. The quantitative estimate of drug-likeness (QED) is 0.446. The molecular formula is C21H21NO4S. The molecule has 3 rings (SSSR count). The fourth-order valence-electron chi connectivity index (χ4n) is 2.78. The van der Waals surface area contributed by atoms with Crippen LogP contribution in [-0.2, 0) is 16.0 Å². The van der Waals surface area contributed by atoms with Gasteiger partial charge in [0.15, 0.2) is 0 Å². The fourth-order valence-corrected chi connectivity index (χ4v) is 3.63. The second kappa shape index (κ2) is 7.48. The summed E-state index contributed by atoms with van der Waals surface area (Å²) >= 11 is 1.53. The van der Waals surface area contributed by atoms with Crippen molar-refractivity contribution < 1.29 is 19.1 Å². The molecule has 1 aliphatic heterocycles. The van der Waals surface area contributed by atoms with Gasteiger partial charge in [-0.05, 0) is 62.4 Å². The van der Waals surface area contributed by atoms with Gasteiger partial charge in [-0.15, -0.1) is 11.3 Å². The Morgan fingerprint density at radius 1 is 1.15 bits per heavy atom. The van der Waals surface area contributed by atoms with E-state index in [2.05, 4.69) is 0 Å². The van der Waals surface area contributed by atoms with E-state index < -0.39 is 5.60 Å². The maximum atomic E-state index is 12.4. The summed E-state index contributed by atoms with van der Waals surface area (Å²) in [6, 6.07) is 8.83. The number of carbonyl (C=O) groups is 3. The van der Waals surface area contributed by atoms with Gasteiger partial charge in [0.25, 0.3) is 11.8 Å². The number of nitrogens with zero attached hydrogens (tertiary/aromatic N) is 1. The van der Waals surface area contributed by atoms with Crippen LogP contribution in [0.15, 0.2) is 41.8 Å². The van der Waals surface area contributed by atoms with Crippen molar-refractivity contribution >= 4 is 35.2 Å². The van der Waals surface area contributed by atoms with Crippen molar-refractivity contribution in [3.63, 3.8) is 0 Å². The largest absolute Gasteiger partial charge is 0.457 e. The molecular weight excluding hydrogens is 362 g/mol. The smallest absolute Gasteiger partial charge is 0.331 e. The second-order valence-electron chi connectivity index (χ2n) is 7.27. The number of rotatable bonds is 5. The van der Waals surface area contributed by atoms with E-state index >= 15 is 0 Å². The highest BCUT2D eigenvalue weighted by Gasteiger charge is 2.34. The van der Waals surface area contributed by atoms with Crippen LogP contribution >= 0.6 is 11.3 Å². The number of imide groups is 1. The molecule has 2 amide bonds. The molecule has 0 saturated carbocycles. The predicted octanol–water partition coefficient (Wildman–Crippen LogP) is 3.94. The molecule has 2 heterocycles. The van der Waals surface area contributed by atoms with Gasteiger partial charge >= 0.3 is 5.97 Å². The zero-order valence-electron chi connectivity index (χ0n) is 15.5. The average Bonchev–Trinajstić information content (AvgIpc) is 3.14. The lowest BCUT2D eigenvalue weighted by atomic mass is 10.1. The van der Waals surface area contributed by atoms with Gasteiger partial charge in [0.2, 0.25) is 0 Å². The molecule has 0 unspecified atom stereocenters. The van der Waals surface area contributed by atoms with Crippen LogP contribution < -0.4 is 0 Å². The highest BCUT2D eigenvalue weighted by molar-refractivity contribution is 7.10. The number of fused-ring (bicyclic) bond motifs is 1. The Balaban J connectivity index is 1.59. The van der Waals surface area contributed by atoms with Crippen molar-refractivity contribution in [1.29, 1.82) is 0 Å². The number of benzene rings is 1. The molecule has 5 nitrogen and oxygen atoms in total. The minimum atomic E-state index is -0.520. The van der Waals surface area contributed by atoms with Crippen LogP contribution in [0.5, 0.6) is 0 Å². The van der Waals surface area contributed by atoms with Crippen LogP contribution in [-0.4, -0.2) is 34.8 Å². The molecule has 0 aliphatic carbocycles. The normalized spacial score (nSPS) is 14.1. The number of amides is 2. The molecule has 6 heteroatoms. The van der Waals surface area contributed by atoms with Gasteiger partial charge in [-0.2, -0.15) is 0 Å². The zero-order valence-corrected chi connectivity index (χ0v) is 16.3. The van der Waals surface area contributed by atoms with E-state index in [-0.39, 0.29) is 17.8 Å². The number of hydrogen-bond acceptors (Lipinski definition) is 5. The lowest BCUT2D eigenvalue weighted by Gasteiger charge is -2.17. The van der Waals surface area contributed by atoms with Crippen LogP contribution in [0.3, 0.4) is 0 Å². The minimum absolute atomic E-state index is 0.239. The number of carbonyl (C=O) groups excluding carboxylic acids is 3. The van der Waals surface area contributed by atoms with Gasteiger partial charge < -0.3 is 4.74 Å². The van der Waals surface area contributed by atoms with Crippen molar-refractivity contribution in [2.45, 2.75) is 32.8 Å². The molecule has 2 aromatic rings. The maximum absolute atomic E-state index is 12.4. The Morgan fingerprint density at radius 2 is 1.78 bits per heavy atom. The number of hydrogen-bond donors (Lipinski definition) is 0. The summed E-state index contributed by atoms with van der Waals surface area (Å²) < 4.78 is 5.23. The first-order valence-corrected chi connectivity index (χ1v) is 9.56. The van der Waals surface area contributed by atoms with E-state index in [1.807, 2.05) is 32.2 Å². The maximum Gasteiger partial charge on any atom is 0.331 e. The van der Waals surface area contributed by atoms with E-state index in [1.165, 1.54) is 22.3 Å². The highest BCUT2D eigenvalue weighted by Crippen LogP contribution is 2.24. The third-order valence-corrected chi connectivity index (χ3v) is 4.97. The van der Waals surface area contributed by atoms with E-state index in [0.29, 0.717) is 24.1 Å². The van der Waals surface area contributed by atoms with Gasteiger partial charge in [0.1, 0.15) is 5.60 Å². The summed E-state index contributed by atoms with van der Waals surface area (Å²) in [7, 11) is 0. The molecule has 1 aromatic carbocycles. The molecule has 27 heavy (non-hydrogen) atoms. The molecule has 0 saturated heterocycles. The van der Waals surface area contributed by atoms with Crippen molar-refractivity contribution in [1.82, 2.24) is 4.90 Å². The SMILES string of the molecule is CC(C)(C)OC(=O)C=Cc1csc(CCN2C(=O)c3ccccc3C2=O)c1. The van der Waals surface area contributed by atoms with Crippen molar-refractivity contribution in [2.75, 3.05) is 6.54 Å². The third-order valence-electron chi connectivity index (χ3n) is 3.95. The molecule has 1 aliphatic rings. The lowest BCUT2D eigenvalue weighted by molar-refractivity contribution is -0.148. The second-order valence-corrected chi connectivity index (χ2v) is 8.27. The van der Waals surface area contributed by atoms with Gasteiger partial charge in [-0.3, -0.25) is 14.5 Å². The van der Waals surface area contributed by atoms with E-state index in [4.69, 9.17) is 4.74 Å². The lowest BCUT2D eigenvalue weighted by Crippen LogP contribution is -2.31. The van der Waals surface area contributed by atoms with Crippen LogP contribution in [0, 0.1) is 0 Å². The topological polar surface area (TPSA) is 63.7 Å². The Labute approximate surface area is 162 Å². The first-order chi connectivity index (χ1) is 12.7. The van der Waals surface area contributed by atoms with Gasteiger partial charge in [-0.25, -0.2) is 4.79 Å². The fraction of sp³-hybridized carbons (Fsp3) is 0.286. The predicted molar refractivity (Wildman–Crippen MR) is 105 cm³/mol. The average molecular weight is 383 g/mol. The molecule has 1 aromatic heterocycles. The Kier molecular flexibility index (Phi) is 5.28. The Bertz CT molecular complexity index is 885. The van der Waals surface area contributed by atoms with Crippen LogP contribution in [0.1, 0.15) is 51.9 Å². The van der Waals surface area contributed by atoms with Crippen LogP contribution in [0.4, 0.5) is 0 Å². The van der Waals surface area contributed by atoms with Crippen LogP contribution in [0.2, 0.25) is 0 Å². The van der Waals surface area contributed by atoms with Gasteiger partial charge in [0, 0.05) is 17.5 Å². The standard InChI is InChI=1S/C21H21NO4S/c1-21(2,3)26-18(23)9-8-14-12-15(27-13-14)10-11-22-19(24)16-6-4-5-7-17(16)20(22)25/h4-9,12-13H,10-11H2,1-3H3. The first-order valence-electron chi connectivity index (χ1n) is 8.68. The van der Waals surface area contributed by atoms with E-state index in [9.17, 15) is 14.4 Å². The summed E-state index contributed by atoms with van der Waals surface area (Å²) in [6.07, 6.45) is 3.69. The number of thiophene rings is 1. The summed E-state index contributed by atoms with van der Waals surface area (Å²) in [4.78, 5) is 38.8. The summed E-state index contributed by atoms with van der Waals surface area (Å²) in [5.41, 5.74) is 1.31. The van der Waals surface area contributed by atoms with Gasteiger partial charge in [-0.1, -0.05) is 12.1 Å². The third kappa shape index (κ3) is 4.52. The van der Waals surface area contributed by atoms with Gasteiger partial charge in [0.05, 0.1) is 11.1 Å². The monoisotopic (exact) mass is 383 g/mol. The van der Waals surface area contributed by atoms with Crippen molar-refractivity contribution in [3.05, 3.63) is 63.4 Å². The molecule has 140 valence electrons.